The number of hydrogen-bond acceptors (Lipinski definition) is 3. The third-order valence-corrected chi connectivity index (χ3v) is 3.29. The molecule has 0 atom stereocenters. The summed E-state index contributed by atoms with van der Waals surface area (Å²) < 4.78 is 0. The van der Waals surface area contributed by atoms with Crippen molar-refractivity contribution in [3.05, 3.63) is 35.4 Å². The minimum Gasteiger partial charge on any atom is -0.395 e. The molecule has 1 aromatic carbocycles. The second-order valence-electron chi connectivity index (χ2n) is 4.44. The van der Waals surface area contributed by atoms with Gasteiger partial charge < -0.3 is 10.4 Å². The molecule has 0 aromatic heterocycles. The summed E-state index contributed by atoms with van der Waals surface area (Å²) in [5.41, 5.74) is 1.63. The van der Waals surface area contributed by atoms with E-state index in [1.165, 1.54) is 0 Å². The van der Waals surface area contributed by atoms with Crippen LogP contribution < -0.4 is 5.32 Å². The monoisotopic (exact) mass is 219 g/mol. The van der Waals surface area contributed by atoms with E-state index >= 15 is 0 Å². The molecule has 0 unspecified atom stereocenters. The van der Waals surface area contributed by atoms with Gasteiger partial charge in [0.2, 0.25) is 0 Å². The van der Waals surface area contributed by atoms with Crippen molar-refractivity contribution in [3.63, 3.8) is 0 Å². The van der Waals surface area contributed by atoms with Crippen molar-refractivity contribution in [1.29, 1.82) is 0 Å². The lowest BCUT2D eigenvalue weighted by Gasteiger charge is -2.16. The average molecular weight is 219 g/mol. The maximum Gasteiger partial charge on any atom is 0.176 e. The van der Waals surface area contributed by atoms with E-state index in [0.717, 1.165) is 24.0 Å². The van der Waals surface area contributed by atoms with E-state index in [1.807, 2.05) is 24.3 Å². The summed E-state index contributed by atoms with van der Waals surface area (Å²) in [7, 11) is 1.76. The molecule has 0 heterocycles. The molecule has 0 saturated heterocycles. The number of aliphatic hydroxyl groups excluding tert-OH is 1. The molecule has 0 aliphatic heterocycles. The van der Waals surface area contributed by atoms with Crippen LogP contribution in [0.5, 0.6) is 0 Å². The maximum absolute atomic E-state index is 11.9. The van der Waals surface area contributed by atoms with Crippen LogP contribution in [0, 0.1) is 0 Å². The Bertz CT molecular complexity index is 397. The number of carbonyl (C=O) groups excluding carboxylic acids is 1. The van der Waals surface area contributed by atoms with Gasteiger partial charge >= 0.3 is 0 Å². The Kier molecular flexibility index (Phi) is 3.08. The van der Waals surface area contributed by atoms with Crippen molar-refractivity contribution in [2.75, 3.05) is 20.2 Å². The van der Waals surface area contributed by atoms with Crippen molar-refractivity contribution < 1.29 is 9.90 Å². The number of likely N-dealkylation sites (N-methyl/N-ethyl adjacent to an activating group) is 1. The molecule has 1 aliphatic rings. The summed E-state index contributed by atoms with van der Waals surface area (Å²) in [6.07, 6.45) is 1.96. The number of hydrogen-bond donors (Lipinski definition) is 2. The Morgan fingerprint density at radius 1 is 1.44 bits per heavy atom. The van der Waals surface area contributed by atoms with E-state index in [0.29, 0.717) is 6.54 Å². The van der Waals surface area contributed by atoms with E-state index in [4.69, 9.17) is 0 Å². The molecule has 0 amide bonds. The molecule has 1 saturated carbocycles. The highest BCUT2D eigenvalue weighted by atomic mass is 16.3. The first-order valence-corrected chi connectivity index (χ1v) is 5.62. The van der Waals surface area contributed by atoms with Gasteiger partial charge in [0.25, 0.3) is 0 Å². The van der Waals surface area contributed by atoms with Gasteiger partial charge in [-0.2, -0.15) is 0 Å². The van der Waals surface area contributed by atoms with E-state index in [9.17, 15) is 9.90 Å². The number of ketones is 1. The molecule has 0 bridgehead atoms. The van der Waals surface area contributed by atoms with Gasteiger partial charge in [-0.05, 0) is 25.5 Å². The number of aliphatic hydroxyl groups is 1. The molecule has 1 fully saturated rings. The summed E-state index contributed by atoms with van der Waals surface area (Å²) in [4.78, 5) is 11.9. The van der Waals surface area contributed by atoms with Gasteiger partial charge in [0.15, 0.2) is 5.78 Å². The Morgan fingerprint density at radius 2 is 2.12 bits per heavy atom. The molecule has 0 spiro atoms. The van der Waals surface area contributed by atoms with Gasteiger partial charge in [0.05, 0.1) is 13.2 Å². The van der Waals surface area contributed by atoms with Gasteiger partial charge in [0.1, 0.15) is 0 Å². The molecule has 3 nitrogen and oxygen atoms in total. The van der Waals surface area contributed by atoms with Gasteiger partial charge in [-0.25, -0.2) is 0 Å². The fraction of sp³-hybridized carbons (Fsp3) is 0.462. The molecule has 86 valence electrons. The fourth-order valence-corrected chi connectivity index (χ4v) is 2.11. The second kappa shape index (κ2) is 4.36. The van der Waals surface area contributed by atoms with Crippen molar-refractivity contribution in [3.8, 4) is 0 Å². The largest absolute Gasteiger partial charge is 0.395 e. The molecule has 16 heavy (non-hydrogen) atoms. The zero-order chi connectivity index (χ0) is 11.6. The van der Waals surface area contributed by atoms with Crippen LogP contribution in [0.1, 0.15) is 28.8 Å². The molecular formula is C13H17NO2. The number of Topliss-reactive ketones (excluding diaryl/α,β-unsaturated/α-hetero) is 1. The Balaban J connectivity index is 2.35. The highest BCUT2D eigenvalue weighted by Gasteiger charge is 2.45. The Hall–Kier alpha value is -1.19. The zero-order valence-corrected chi connectivity index (χ0v) is 9.49. The lowest BCUT2D eigenvalue weighted by Crippen LogP contribution is -2.23. The van der Waals surface area contributed by atoms with E-state index in [1.54, 1.807) is 7.05 Å². The number of rotatable bonds is 5. The highest BCUT2D eigenvalue weighted by molar-refractivity contribution is 5.99. The van der Waals surface area contributed by atoms with E-state index < -0.39 is 0 Å². The molecule has 0 radical (unpaired) electrons. The summed E-state index contributed by atoms with van der Waals surface area (Å²) in [6, 6.07) is 7.62. The molecule has 2 N–H and O–H groups in total. The van der Waals surface area contributed by atoms with Gasteiger partial charge in [-0.1, -0.05) is 24.3 Å². The van der Waals surface area contributed by atoms with Crippen molar-refractivity contribution in [2.45, 2.75) is 18.3 Å². The minimum atomic E-state index is -0.139. The van der Waals surface area contributed by atoms with Crippen LogP contribution in [0.3, 0.4) is 0 Å². The van der Waals surface area contributed by atoms with Crippen LogP contribution in [-0.4, -0.2) is 31.1 Å². The maximum atomic E-state index is 11.9. The van der Waals surface area contributed by atoms with Crippen LogP contribution in [0.25, 0.3) is 0 Å². The van der Waals surface area contributed by atoms with Gasteiger partial charge in [0, 0.05) is 11.0 Å². The lowest BCUT2D eigenvalue weighted by atomic mass is 9.90. The van der Waals surface area contributed by atoms with Crippen LogP contribution >= 0.6 is 0 Å². The van der Waals surface area contributed by atoms with E-state index in [2.05, 4.69) is 5.32 Å². The molecule has 3 heteroatoms. The first kappa shape index (κ1) is 11.3. The van der Waals surface area contributed by atoms with Crippen LogP contribution in [0.15, 0.2) is 24.3 Å². The second-order valence-corrected chi connectivity index (χ2v) is 4.44. The molecule has 1 aliphatic carbocycles. The third kappa shape index (κ3) is 1.88. The zero-order valence-electron chi connectivity index (χ0n) is 9.49. The summed E-state index contributed by atoms with van der Waals surface area (Å²) in [5.74, 6) is 0.0952. The first-order chi connectivity index (χ1) is 7.73. The number of benzene rings is 1. The quantitative estimate of drug-likeness (QED) is 0.729. The summed E-state index contributed by atoms with van der Waals surface area (Å²) in [5, 5.41) is 12.3. The molecule has 2 rings (SSSR count). The Labute approximate surface area is 95.5 Å². The highest BCUT2D eigenvalue weighted by Crippen LogP contribution is 2.48. The Morgan fingerprint density at radius 3 is 2.69 bits per heavy atom. The smallest absolute Gasteiger partial charge is 0.176 e. The predicted octanol–water partition coefficient (Wildman–Crippen LogP) is 1.11. The predicted molar refractivity (Wildman–Crippen MR) is 62.7 cm³/mol. The lowest BCUT2D eigenvalue weighted by molar-refractivity contribution is 0.0991. The fourth-order valence-electron chi connectivity index (χ4n) is 2.11. The summed E-state index contributed by atoms with van der Waals surface area (Å²) >= 11 is 0. The van der Waals surface area contributed by atoms with E-state index in [-0.39, 0.29) is 17.8 Å². The normalized spacial score (nSPS) is 17.1. The van der Waals surface area contributed by atoms with Crippen LogP contribution in [0.4, 0.5) is 0 Å². The van der Waals surface area contributed by atoms with Crippen LogP contribution in [0.2, 0.25) is 0 Å². The molecule has 1 aromatic rings. The number of carbonyl (C=O) groups is 1. The van der Waals surface area contributed by atoms with Crippen molar-refractivity contribution in [1.82, 2.24) is 5.32 Å². The standard InChI is InChI=1S/C13H17NO2/c1-14-8-12(16)10-4-2-3-5-11(10)13(9-15)6-7-13/h2-5,14-15H,6-9H2,1H3. The van der Waals surface area contributed by atoms with Crippen molar-refractivity contribution >= 4 is 5.78 Å². The minimum absolute atomic E-state index is 0.0952. The van der Waals surface area contributed by atoms with Gasteiger partial charge in [-0.3, -0.25) is 4.79 Å². The average Bonchev–Trinajstić information content (AvgIpc) is 3.10. The molecular weight excluding hydrogens is 202 g/mol. The van der Waals surface area contributed by atoms with Gasteiger partial charge in [-0.15, -0.1) is 0 Å². The topological polar surface area (TPSA) is 49.3 Å². The third-order valence-electron chi connectivity index (χ3n) is 3.29. The number of nitrogens with one attached hydrogen (secondary N) is 1. The summed E-state index contributed by atoms with van der Waals surface area (Å²) in [6.45, 7) is 0.482. The van der Waals surface area contributed by atoms with Crippen molar-refractivity contribution in [2.24, 2.45) is 0 Å². The first-order valence-electron chi connectivity index (χ1n) is 5.62. The SMILES string of the molecule is CNCC(=O)c1ccccc1C1(CO)CC1. The van der Waals surface area contributed by atoms with Crippen LogP contribution in [-0.2, 0) is 5.41 Å².